The largest absolute Gasteiger partial charge is 0.495 e. The molecule has 2 aromatic heterocycles. The number of ether oxygens (including phenoxy) is 2. The molecule has 0 N–H and O–H groups in total. The summed E-state index contributed by atoms with van der Waals surface area (Å²) in [5.41, 5.74) is 5.66. The molecule has 1 aromatic carbocycles. The first-order valence-electron chi connectivity index (χ1n) is 10.5. The van der Waals surface area contributed by atoms with Crippen molar-refractivity contribution in [3.63, 3.8) is 0 Å². The molecule has 4 rings (SSSR count). The van der Waals surface area contributed by atoms with Crippen molar-refractivity contribution in [3.8, 4) is 22.8 Å². The Morgan fingerprint density at radius 3 is 2.33 bits per heavy atom. The van der Waals surface area contributed by atoms with Crippen LogP contribution in [0.15, 0.2) is 30.7 Å². The van der Waals surface area contributed by atoms with Crippen LogP contribution in [0.5, 0.6) is 11.5 Å². The van der Waals surface area contributed by atoms with Crippen molar-refractivity contribution in [2.45, 2.75) is 0 Å². The molecule has 174 valence electrons. The summed E-state index contributed by atoms with van der Waals surface area (Å²) in [7, 11) is 9.19. The first-order valence-corrected chi connectivity index (χ1v) is 11.3. The van der Waals surface area contributed by atoms with Crippen molar-refractivity contribution in [1.82, 2.24) is 19.7 Å². The zero-order valence-corrected chi connectivity index (χ0v) is 20.9. The highest BCUT2D eigenvalue weighted by molar-refractivity contribution is 6.39. The molecule has 1 aliphatic rings. The average molecular weight is 488 g/mol. The number of hydrogen-bond donors (Lipinski definition) is 0. The lowest BCUT2D eigenvalue weighted by Gasteiger charge is -2.33. The summed E-state index contributed by atoms with van der Waals surface area (Å²) < 4.78 is 12.7. The summed E-state index contributed by atoms with van der Waals surface area (Å²) in [5, 5.41) is 5.21. The fraction of sp³-hybridized carbons (Fsp3) is 0.333. The summed E-state index contributed by atoms with van der Waals surface area (Å²) in [4.78, 5) is 9.18. The van der Waals surface area contributed by atoms with Crippen molar-refractivity contribution >= 4 is 40.5 Å². The highest BCUT2D eigenvalue weighted by Crippen LogP contribution is 2.46. The Bertz CT molecular complexity index is 1180. The van der Waals surface area contributed by atoms with Crippen LogP contribution >= 0.6 is 23.2 Å². The lowest BCUT2D eigenvalue weighted by molar-refractivity contribution is 0.394. The molecule has 0 atom stereocenters. The first-order chi connectivity index (χ1) is 15.8. The number of hydrogen-bond acceptors (Lipinski definition) is 6. The number of fused-ring (bicyclic) bond motifs is 1. The number of aromatic nitrogens is 3. The molecule has 0 bridgehead atoms. The van der Waals surface area contributed by atoms with Crippen LogP contribution in [-0.4, -0.2) is 67.6 Å². The van der Waals surface area contributed by atoms with E-state index >= 15 is 0 Å². The first kappa shape index (κ1) is 23.4. The number of rotatable bonds is 7. The van der Waals surface area contributed by atoms with E-state index in [1.807, 2.05) is 25.6 Å². The van der Waals surface area contributed by atoms with Crippen LogP contribution in [0.25, 0.3) is 22.9 Å². The monoisotopic (exact) mass is 487 g/mol. The van der Waals surface area contributed by atoms with Gasteiger partial charge in [0.1, 0.15) is 11.5 Å². The molecule has 33 heavy (non-hydrogen) atoms. The van der Waals surface area contributed by atoms with Gasteiger partial charge in [-0.25, -0.2) is 0 Å². The normalized spacial score (nSPS) is 13.2. The van der Waals surface area contributed by atoms with Crippen LogP contribution < -0.4 is 14.4 Å². The highest BCUT2D eigenvalue weighted by Gasteiger charge is 2.26. The van der Waals surface area contributed by atoms with Gasteiger partial charge in [0.15, 0.2) is 0 Å². The van der Waals surface area contributed by atoms with E-state index in [1.54, 1.807) is 25.0 Å². The third-order valence-corrected chi connectivity index (χ3v) is 6.41. The molecule has 3 heterocycles. The van der Waals surface area contributed by atoms with Gasteiger partial charge in [-0.15, -0.1) is 0 Å². The second kappa shape index (κ2) is 9.63. The number of halogens is 2. The molecule has 0 saturated carbocycles. The predicted octanol–water partition coefficient (Wildman–Crippen LogP) is 4.73. The number of aryl methyl sites for hydroxylation is 1. The second-order valence-electron chi connectivity index (χ2n) is 8.21. The number of likely N-dealkylation sites (N-methyl/N-ethyl adjacent to an activating group) is 1. The van der Waals surface area contributed by atoms with E-state index in [9.17, 15) is 0 Å². The highest BCUT2D eigenvalue weighted by atomic mass is 35.5. The van der Waals surface area contributed by atoms with Gasteiger partial charge >= 0.3 is 0 Å². The third-order valence-electron chi connectivity index (χ3n) is 5.66. The van der Waals surface area contributed by atoms with E-state index in [2.05, 4.69) is 41.1 Å². The minimum Gasteiger partial charge on any atom is -0.495 e. The van der Waals surface area contributed by atoms with Crippen LogP contribution in [0.3, 0.4) is 0 Å². The molecule has 0 saturated heterocycles. The van der Waals surface area contributed by atoms with E-state index in [0.717, 1.165) is 41.2 Å². The van der Waals surface area contributed by atoms with Crippen LogP contribution in [0.2, 0.25) is 10.0 Å². The molecule has 0 radical (unpaired) electrons. The Hall–Kier alpha value is -2.74. The number of methoxy groups -OCH3 is 2. The van der Waals surface area contributed by atoms with Gasteiger partial charge in [0.2, 0.25) is 0 Å². The van der Waals surface area contributed by atoms with Gasteiger partial charge < -0.3 is 19.3 Å². The molecule has 1 aliphatic heterocycles. The number of benzene rings is 1. The third kappa shape index (κ3) is 4.67. The molecular weight excluding hydrogens is 461 g/mol. The van der Waals surface area contributed by atoms with Crippen LogP contribution in [0, 0.1) is 0 Å². The molecule has 3 aromatic rings. The minimum absolute atomic E-state index is 0.463. The Labute approximate surface area is 204 Å². The molecule has 0 fully saturated rings. The summed E-state index contributed by atoms with van der Waals surface area (Å²) >= 11 is 13.5. The van der Waals surface area contributed by atoms with Gasteiger partial charge in [-0.05, 0) is 31.8 Å². The Kier molecular flexibility index (Phi) is 6.83. The van der Waals surface area contributed by atoms with Crippen molar-refractivity contribution in [2.24, 2.45) is 7.05 Å². The average Bonchev–Trinajstić information content (AvgIpc) is 3.23. The maximum atomic E-state index is 6.73. The van der Waals surface area contributed by atoms with E-state index in [-0.39, 0.29) is 0 Å². The van der Waals surface area contributed by atoms with Crippen LogP contribution in [-0.2, 0) is 7.05 Å². The predicted molar refractivity (Wildman–Crippen MR) is 135 cm³/mol. The summed E-state index contributed by atoms with van der Waals surface area (Å²) in [6.07, 6.45) is 7.77. The van der Waals surface area contributed by atoms with E-state index < -0.39 is 0 Å². The number of nitrogens with zero attached hydrogens (tertiary/aromatic N) is 5. The molecule has 0 unspecified atom stereocenters. The van der Waals surface area contributed by atoms with E-state index in [4.69, 9.17) is 37.7 Å². The standard InChI is InChI=1S/C24H27Cl2N5O2/c1-29(2)6-7-31-14-16(22-23(25)20(32-4)10-21(33-5)24(22)26)8-15-11-27-18(9-19(15)31)17-12-28-30(3)13-17/h8-13H,6-7,14H2,1-5H3. The van der Waals surface area contributed by atoms with Crippen molar-refractivity contribution < 1.29 is 9.47 Å². The van der Waals surface area contributed by atoms with Gasteiger partial charge in [-0.3, -0.25) is 9.67 Å². The molecule has 0 aliphatic carbocycles. The maximum absolute atomic E-state index is 6.73. The minimum atomic E-state index is 0.463. The van der Waals surface area contributed by atoms with Crippen LogP contribution in [0.1, 0.15) is 11.1 Å². The summed E-state index contributed by atoms with van der Waals surface area (Å²) in [6.45, 7) is 2.34. The van der Waals surface area contributed by atoms with Gasteiger partial charge in [0.05, 0.1) is 36.2 Å². The van der Waals surface area contributed by atoms with Crippen molar-refractivity contribution in [1.29, 1.82) is 0 Å². The lowest BCUT2D eigenvalue weighted by atomic mass is 9.96. The smallest absolute Gasteiger partial charge is 0.141 e. The fourth-order valence-electron chi connectivity index (χ4n) is 3.91. The van der Waals surface area contributed by atoms with E-state index in [0.29, 0.717) is 33.7 Å². The van der Waals surface area contributed by atoms with Crippen molar-refractivity contribution in [3.05, 3.63) is 51.9 Å². The van der Waals surface area contributed by atoms with Gasteiger partial charge in [-0.2, -0.15) is 5.10 Å². The molecule has 0 amide bonds. The molecule has 7 nitrogen and oxygen atoms in total. The summed E-state index contributed by atoms with van der Waals surface area (Å²) in [6, 6.07) is 3.82. The Morgan fingerprint density at radius 2 is 1.76 bits per heavy atom. The number of anilines is 1. The molecule has 9 heteroatoms. The van der Waals surface area contributed by atoms with Gasteiger partial charge in [0, 0.05) is 67.5 Å². The maximum Gasteiger partial charge on any atom is 0.141 e. The molecule has 0 spiro atoms. The summed E-state index contributed by atoms with van der Waals surface area (Å²) in [5.74, 6) is 1.04. The van der Waals surface area contributed by atoms with Gasteiger partial charge in [0.25, 0.3) is 0 Å². The Balaban J connectivity index is 1.84. The molecular formula is C24H27Cl2N5O2. The van der Waals surface area contributed by atoms with E-state index in [1.165, 1.54) is 0 Å². The van der Waals surface area contributed by atoms with Crippen LogP contribution in [0.4, 0.5) is 5.69 Å². The quantitative estimate of drug-likeness (QED) is 0.480. The van der Waals surface area contributed by atoms with Gasteiger partial charge in [-0.1, -0.05) is 23.2 Å². The zero-order chi connectivity index (χ0) is 23.7. The SMILES string of the molecule is COc1cc(OC)c(Cl)c(C2=Cc3cnc(-c4cnn(C)c4)cc3N(CCN(C)C)C2)c1Cl. The topological polar surface area (TPSA) is 55.7 Å². The Morgan fingerprint density at radius 1 is 1.06 bits per heavy atom. The lowest BCUT2D eigenvalue weighted by Crippen LogP contribution is -2.35. The second-order valence-corrected chi connectivity index (χ2v) is 8.97. The van der Waals surface area contributed by atoms with Crippen molar-refractivity contribution in [2.75, 3.05) is 52.8 Å². The zero-order valence-electron chi connectivity index (χ0n) is 19.4. The number of pyridine rings is 1. The fourth-order valence-corrected chi connectivity index (χ4v) is 4.66.